The highest BCUT2D eigenvalue weighted by atomic mass is 16.1. The van der Waals surface area contributed by atoms with Crippen LogP contribution in [0.2, 0.25) is 0 Å². The Morgan fingerprint density at radius 1 is 0.362 bits per heavy atom. The molecule has 10 aromatic carbocycles. The number of hydrogen-bond acceptors (Lipinski definition) is 1. The van der Waals surface area contributed by atoms with E-state index in [0.29, 0.717) is 0 Å². The van der Waals surface area contributed by atoms with E-state index < -0.39 is 0 Å². The van der Waals surface area contributed by atoms with E-state index in [2.05, 4.69) is 221 Å². The molecule has 0 spiro atoms. The lowest BCUT2D eigenvalue weighted by Gasteiger charge is -2.15. The van der Waals surface area contributed by atoms with E-state index in [4.69, 9.17) is 0 Å². The number of allylic oxidation sites excluding steroid dienone is 1. The van der Waals surface area contributed by atoms with Crippen LogP contribution in [0.5, 0.6) is 0 Å². The summed E-state index contributed by atoms with van der Waals surface area (Å²) in [4.78, 5) is 14.8. The second-order valence-corrected chi connectivity index (χ2v) is 18.7. The van der Waals surface area contributed by atoms with Crippen molar-refractivity contribution in [3.05, 3.63) is 240 Å². The van der Waals surface area contributed by atoms with Gasteiger partial charge in [0.2, 0.25) is 0 Å². The summed E-state index contributed by atoms with van der Waals surface area (Å²) in [5.41, 5.74) is 18.3. The smallest absolute Gasteiger partial charge is 0.263 e. The van der Waals surface area contributed by atoms with Crippen LogP contribution in [0.25, 0.3) is 132 Å². The molecule has 15 rings (SSSR count). The number of nitrogens with zero attached hydrogens (tertiary/aromatic N) is 3. The number of aromatic nitrogens is 3. The highest BCUT2D eigenvalue weighted by Crippen LogP contribution is 2.44. The zero-order chi connectivity index (χ0) is 45.3. The van der Waals surface area contributed by atoms with Gasteiger partial charge in [0.1, 0.15) is 0 Å². The van der Waals surface area contributed by atoms with Gasteiger partial charge in [0.25, 0.3) is 5.56 Å². The summed E-state index contributed by atoms with van der Waals surface area (Å²) in [7, 11) is 0. The molecule has 1 aliphatic carbocycles. The van der Waals surface area contributed by atoms with Gasteiger partial charge in [-0.1, -0.05) is 170 Å². The first-order chi connectivity index (χ1) is 34.2. The maximum Gasteiger partial charge on any atom is 0.263 e. The molecule has 14 aromatic rings. The molecule has 0 atom stereocenters. The molecule has 0 aliphatic heterocycles. The van der Waals surface area contributed by atoms with Crippen molar-refractivity contribution < 1.29 is 0 Å². The Morgan fingerprint density at radius 3 is 1.71 bits per heavy atom. The van der Waals surface area contributed by atoms with E-state index in [-0.39, 0.29) is 5.56 Å². The Labute approximate surface area is 396 Å². The number of pyridine rings is 1. The minimum absolute atomic E-state index is 0.0166. The quantitative estimate of drug-likeness (QED) is 0.159. The Hall–Kier alpha value is -8.99. The topological polar surface area (TPSA) is 31.3 Å². The van der Waals surface area contributed by atoms with Crippen LogP contribution in [0, 0.1) is 0 Å². The van der Waals surface area contributed by atoms with Crippen molar-refractivity contribution >= 4 is 87.7 Å². The van der Waals surface area contributed by atoms with Gasteiger partial charge in [0, 0.05) is 59.9 Å². The first-order valence-corrected chi connectivity index (χ1v) is 23.9. The van der Waals surface area contributed by atoms with Crippen molar-refractivity contribution in [2.24, 2.45) is 0 Å². The summed E-state index contributed by atoms with van der Waals surface area (Å²) in [6, 6.07) is 76.9. The van der Waals surface area contributed by atoms with Crippen LogP contribution in [0.4, 0.5) is 0 Å². The largest absolute Gasteiger partial charge is 0.307 e. The van der Waals surface area contributed by atoms with Crippen LogP contribution in [0.15, 0.2) is 223 Å². The summed E-state index contributed by atoms with van der Waals surface area (Å²) in [6.45, 7) is 0. The lowest BCUT2D eigenvalue weighted by atomic mass is 9.90. The molecule has 69 heavy (non-hydrogen) atoms. The number of hydrogen-bond donors (Lipinski definition) is 0. The van der Waals surface area contributed by atoms with Crippen LogP contribution >= 0.6 is 0 Å². The predicted octanol–water partition coefficient (Wildman–Crippen LogP) is 16.4. The number of aryl methyl sites for hydroxylation is 1. The molecule has 0 fully saturated rings. The van der Waals surface area contributed by atoms with Gasteiger partial charge in [0.05, 0.1) is 33.1 Å². The van der Waals surface area contributed by atoms with E-state index in [1.165, 1.54) is 49.2 Å². The minimum Gasteiger partial charge on any atom is -0.307 e. The Bertz CT molecular complexity index is 4560. The maximum absolute atomic E-state index is 14.8. The van der Waals surface area contributed by atoms with Crippen molar-refractivity contribution in [3.63, 3.8) is 0 Å². The molecule has 4 heteroatoms. The third kappa shape index (κ3) is 5.43. The zero-order valence-electron chi connectivity index (χ0n) is 37.5. The fourth-order valence-corrected chi connectivity index (χ4v) is 12.0. The number of fused-ring (bicyclic) bond motifs is 13. The average molecular weight is 880 g/mol. The molecule has 0 saturated heterocycles. The van der Waals surface area contributed by atoms with Gasteiger partial charge >= 0.3 is 0 Å². The monoisotopic (exact) mass is 879 g/mol. The van der Waals surface area contributed by atoms with E-state index in [1.54, 1.807) is 0 Å². The minimum atomic E-state index is 0.0166. The lowest BCUT2D eigenvalue weighted by molar-refractivity contribution is 0.986. The van der Waals surface area contributed by atoms with Crippen molar-refractivity contribution in [2.75, 3.05) is 0 Å². The molecule has 322 valence electrons. The Balaban J connectivity index is 0.920. The summed E-state index contributed by atoms with van der Waals surface area (Å²) in [6.07, 6.45) is 6.56. The van der Waals surface area contributed by atoms with Crippen molar-refractivity contribution in [1.82, 2.24) is 13.5 Å². The summed E-state index contributed by atoms with van der Waals surface area (Å²) in [5, 5.41) is 9.90. The van der Waals surface area contributed by atoms with Crippen molar-refractivity contribution in [3.8, 4) is 44.8 Å². The SMILES string of the molecule is O=c1c2cccc(-c3ccc4c(c3)CCC=C4)c2c2cccc3c4cc(-c5ccccc5-c5cccc(-n6c7ccccc7c7ccc8c9ccccc9n(-c9ccccc9)c8c76)c5)ccc4n1c32. The molecule has 1 aliphatic rings. The molecular weight excluding hydrogens is 839 g/mol. The number of para-hydroxylation sites is 4. The maximum atomic E-state index is 14.8. The normalized spacial score (nSPS) is 12.8. The number of benzene rings is 10. The molecule has 4 heterocycles. The highest BCUT2D eigenvalue weighted by molar-refractivity contribution is 6.25. The lowest BCUT2D eigenvalue weighted by Crippen LogP contribution is -2.13. The van der Waals surface area contributed by atoms with Gasteiger partial charge in [-0.05, 0) is 112 Å². The Kier molecular flexibility index (Phi) is 8.02. The van der Waals surface area contributed by atoms with E-state index in [1.807, 2.05) is 16.5 Å². The van der Waals surface area contributed by atoms with Crippen LogP contribution < -0.4 is 5.56 Å². The van der Waals surface area contributed by atoms with E-state index in [0.717, 1.165) is 101 Å². The van der Waals surface area contributed by atoms with Gasteiger partial charge in [-0.25, -0.2) is 0 Å². The third-order valence-electron chi connectivity index (χ3n) is 15.0. The average Bonchev–Trinajstić information content (AvgIpc) is 4.06. The van der Waals surface area contributed by atoms with Gasteiger partial charge in [0.15, 0.2) is 0 Å². The molecule has 0 unspecified atom stereocenters. The fourth-order valence-electron chi connectivity index (χ4n) is 12.0. The van der Waals surface area contributed by atoms with Gasteiger partial charge < -0.3 is 9.13 Å². The van der Waals surface area contributed by atoms with Gasteiger partial charge in [-0.3, -0.25) is 9.20 Å². The van der Waals surface area contributed by atoms with Gasteiger partial charge in [-0.15, -0.1) is 0 Å². The van der Waals surface area contributed by atoms with Gasteiger partial charge in [-0.2, -0.15) is 0 Å². The molecule has 4 nitrogen and oxygen atoms in total. The number of rotatable bonds is 5. The highest BCUT2D eigenvalue weighted by Gasteiger charge is 2.23. The zero-order valence-corrected chi connectivity index (χ0v) is 37.5. The first-order valence-electron chi connectivity index (χ1n) is 23.9. The third-order valence-corrected chi connectivity index (χ3v) is 15.0. The molecule has 0 N–H and O–H groups in total. The first kappa shape index (κ1) is 38.1. The molecule has 4 aromatic heterocycles. The predicted molar refractivity (Wildman–Crippen MR) is 290 cm³/mol. The summed E-state index contributed by atoms with van der Waals surface area (Å²) in [5.74, 6) is 0. The van der Waals surface area contributed by atoms with Crippen LogP contribution in [0.1, 0.15) is 17.5 Å². The summed E-state index contributed by atoms with van der Waals surface area (Å²) >= 11 is 0. The second-order valence-electron chi connectivity index (χ2n) is 18.7. The molecule has 0 bridgehead atoms. The second kappa shape index (κ2) is 14.5. The Morgan fingerprint density at radius 2 is 0.928 bits per heavy atom. The van der Waals surface area contributed by atoms with Crippen molar-refractivity contribution in [2.45, 2.75) is 12.8 Å². The fraction of sp³-hybridized carbons (Fsp3) is 0.0308. The molecule has 0 amide bonds. The van der Waals surface area contributed by atoms with Crippen LogP contribution in [0.3, 0.4) is 0 Å². The molecule has 0 radical (unpaired) electrons. The van der Waals surface area contributed by atoms with Crippen LogP contribution in [-0.2, 0) is 6.42 Å². The van der Waals surface area contributed by atoms with Crippen LogP contribution in [-0.4, -0.2) is 13.5 Å². The van der Waals surface area contributed by atoms with E-state index in [9.17, 15) is 4.79 Å². The van der Waals surface area contributed by atoms with Crippen molar-refractivity contribution in [1.29, 1.82) is 0 Å². The standard InChI is InChI=1S/C65H41N3O/c69-65-56-28-13-25-49(43-32-31-40-15-4-5-16-41(40)37-43)61(56)55-27-14-26-52-57-39-44(33-36-60(57)68(65)62(52)55)48-22-7-6-21-47(48)42-17-12-20-46(38-42)67-59-30-11-9-24-51(59)54-35-34-53-50-23-8-10-29-58(50)66(63(53)64(54)67)45-18-2-1-3-19-45/h1-4,6-15,17-39H,5,16H2. The molecular formula is C65H41N3O. The molecule has 0 saturated carbocycles. The summed E-state index contributed by atoms with van der Waals surface area (Å²) < 4.78 is 6.88. The van der Waals surface area contributed by atoms with E-state index >= 15 is 0 Å².